The van der Waals surface area contributed by atoms with Gasteiger partial charge in [-0.2, -0.15) is 5.10 Å². The van der Waals surface area contributed by atoms with Crippen LogP contribution in [0.5, 0.6) is 0 Å². The van der Waals surface area contributed by atoms with Gasteiger partial charge in [-0.1, -0.05) is 11.8 Å². The maximum Gasteiger partial charge on any atom is 0.329 e. The molecule has 0 aliphatic carbocycles. The number of carbonyl (C=O) groups excluding carboxylic acids is 1. The molecule has 0 fully saturated rings. The normalized spacial score (nSPS) is 10.7. The first-order valence-electron chi connectivity index (χ1n) is 6.71. The summed E-state index contributed by atoms with van der Waals surface area (Å²) < 4.78 is 6.22. The number of H-pyrrole nitrogens is 2. The van der Waals surface area contributed by atoms with Crippen molar-refractivity contribution >= 4 is 23.5 Å². The summed E-state index contributed by atoms with van der Waals surface area (Å²) in [5.41, 5.74) is -1.15. The van der Waals surface area contributed by atoms with Gasteiger partial charge in [0.25, 0.3) is 5.56 Å². The van der Waals surface area contributed by atoms with Crippen LogP contribution in [0.4, 0.5) is 5.82 Å². The molecule has 10 nitrogen and oxygen atoms in total. The molecule has 0 saturated carbocycles. The SMILES string of the molecule is COCCCn1c(NC(=O)CSc2ncn[nH]2)cc(=O)[nH]c1=O. The summed E-state index contributed by atoms with van der Waals surface area (Å²) in [5.74, 6) is -0.149. The maximum atomic E-state index is 12.0. The summed E-state index contributed by atoms with van der Waals surface area (Å²) in [7, 11) is 1.55. The zero-order valence-corrected chi connectivity index (χ0v) is 13.2. The molecule has 2 rings (SSSR count). The Bertz CT molecular complexity index is 754. The van der Waals surface area contributed by atoms with Gasteiger partial charge in [-0.25, -0.2) is 9.78 Å². The third-order valence-electron chi connectivity index (χ3n) is 2.76. The van der Waals surface area contributed by atoms with E-state index in [0.29, 0.717) is 24.7 Å². The van der Waals surface area contributed by atoms with Gasteiger partial charge in [0, 0.05) is 26.3 Å². The molecule has 0 atom stereocenters. The van der Waals surface area contributed by atoms with Crippen molar-refractivity contribution in [3.05, 3.63) is 33.2 Å². The lowest BCUT2D eigenvalue weighted by Gasteiger charge is -2.12. The zero-order chi connectivity index (χ0) is 16.7. The van der Waals surface area contributed by atoms with Crippen LogP contribution in [-0.4, -0.2) is 50.1 Å². The summed E-state index contributed by atoms with van der Waals surface area (Å²) in [6.45, 7) is 0.772. The van der Waals surface area contributed by atoms with Gasteiger partial charge in [0.15, 0.2) is 5.16 Å². The van der Waals surface area contributed by atoms with Gasteiger partial charge >= 0.3 is 5.69 Å². The van der Waals surface area contributed by atoms with Crippen molar-refractivity contribution in [1.82, 2.24) is 24.7 Å². The minimum Gasteiger partial charge on any atom is -0.385 e. The summed E-state index contributed by atoms with van der Waals surface area (Å²) in [4.78, 5) is 41.3. The van der Waals surface area contributed by atoms with Crippen molar-refractivity contribution in [2.75, 3.05) is 24.8 Å². The quantitative estimate of drug-likeness (QED) is 0.432. The zero-order valence-electron chi connectivity index (χ0n) is 12.4. The molecule has 0 spiro atoms. The monoisotopic (exact) mass is 340 g/mol. The second kappa shape index (κ2) is 8.29. The van der Waals surface area contributed by atoms with Gasteiger partial charge < -0.3 is 10.1 Å². The number of nitrogens with zero attached hydrogens (tertiary/aromatic N) is 3. The van der Waals surface area contributed by atoms with E-state index in [9.17, 15) is 14.4 Å². The molecule has 0 aliphatic heterocycles. The lowest BCUT2D eigenvalue weighted by molar-refractivity contribution is -0.113. The fraction of sp³-hybridized carbons (Fsp3) is 0.417. The van der Waals surface area contributed by atoms with Crippen LogP contribution in [0.2, 0.25) is 0 Å². The van der Waals surface area contributed by atoms with Gasteiger partial charge in [0.05, 0.1) is 5.75 Å². The lowest BCUT2D eigenvalue weighted by Crippen LogP contribution is -2.33. The van der Waals surface area contributed by atoms with Gasteiger partial charge in [0.1, 0.15) is 12.1 Å². The predicted molar refractivity (Wildman–Crippen MR) is 83.6 cm³/mol. The Labute approximate surface area is 134 Å². The van der Waals surface area contributed by atoms with Gasteiger partial charge in [-0.3, -0.25) is 24.2 Å². The average Bonchev–Trinajstić information content (AvgIpc) is 3.01. The minimum absolute atomic E-state index is 0.0637. The first-order chi connectivity index (χ1) is 11.1. The molecule has 1 amide bonds. The number of nitrogens with one attached hydrogen (secondary N) is 3. The third kappa shape index (κ3) is 5.07. The van der Waals surface area contributed by atoms with Crippen LogP contribution in [0.1, 0.15) is 6.42 Å². The van der Waals surface area contributed by atoms with Crippen LogP contribution in [0, 0.1) is 0 Å². The van der Waals surface area contributed by atoms with Crippen molar-refractivity contribution in [1.29, 1.82) is 0 Å². The standard InChI is InChI=1S/C12H16N6O4S/c1-22-4-2-3-18-8(5-9(19)16-12(18)21)15-10(20)6-23-11-13-7-14-17-11/h5,7H,2-4,6H2,1H3,(H,15,20)(H,13,14,17)(H,16,19,21). The largest absolute Gasteiger partial charge is 0.385 e. The van der Waals surface area contributed by atoms with E-state index >= 15 is 0 Å². The molecule has 2 aromatic rings. The van der Waals surface area contributed by atoms with E-state index < -0.39 is 11.2 Å². The van der Waals surface area contributed by atoms with E-state index in [1.807, 2.05) is 0 Å². The van der Waals surface area contributed by atoms with Crippen molar-refractivity contribution < 1.29 is 9.53 Å². The highest BCUT2D eigenvalue weighted by Crippen LogP contribution is 2.11. The molecule has 0 saturated heterocycles. The van der Waals surface area contributed by atoms with Crippen LogP contribution in [0.15, 0.2) is 27.1 Å². The third-order valence-corrected chi connectivity index (χ3v) is 3.64. The molecule has 0 aromatic carbocycles. The van der Waals surface area contributed by atoms with E-state index in [4.69, 9.17) is 4.74 Å². The Balaban J connectivity index is 2.06. The number of aromatic amines is 2. The summed E-state index contributed by atoms with van der Waals surface area (Å²) in [5, 5.41) is 9.36. The van der Waals surface area contributed by atoms with E-state index in [-0.39, 0.29) is 17.5 Å². The summed E-state index contributed by atoms with van der Waals surface area (Å²) >= 11 is 1.16. The van der Waals surface area contributed by atoms with Crippen LogP contribution in [0.3, 0.4) is 0 Å². The van der Waals surface area contributed by atoms with E-state index in [1.165, 1.54) is 17.0 Å². The molecule has 2 heterocycles. The van der Waals surface area contributed by atoms with Crippen molar-refractivity contribution in [3.8, 4) is 0 Å². The highest BCUT2D eigenvalue weighted by Gasteiger charge is 2.11. The Morgan fingerprint density at radius 3 is 3.00 bits per heavy atom. The van der Waals surface area contributed by atoms with Crippen LogP contribution < -0.4 is 16.6 Å². The van der Waals surface area contributed by atoms with Crippen LogP contribution >= 0.6 is 11.8 Å². The molecule has 2 aromatic heterocycles. The second-order valence-electron chi connectivity index (χ2n) is 4.45. The molecule has 0 aliphatic rings. The number of ether oxygens (including phenoxy) is 1. The number of aromatic nitrogens is 5. The number of anilines is 1. The number of rotatable bonds is 8. The molecule has 3 N–H and O–H groups in total. The molecule has 11 heteroatoms. The Hall–Kier alpha value is -2.40. The summed E-state index contributed by atoms with van der Waals surface area (Å²) in [6.07, 6.45) is 1.91. The molecule has 0 unspecified atom stereocenters. The molecule has 0 radical (unpaired) electrons. The van der Waals surface area contributed by atoms with E-state index in [0.717, 1.165) is 11.8 Å². The number of carbonyl (C=O) groups is 1. The molecule has 124 valence electrons. The van der Waals surface area contributed by atoms with Crippen LogP contribution in [-0.2, 0) is 16.1 Å². The fourth-order valence-electron chi connectivity index (χ4n) is 1.79. The maximum absolute atomic E-state index is 12.0. The molecule has 0 bridgehead atoms. The highest BCUT2D eigenvalue weighted by atomic mass is 32.2. The average molecular weight is 340 g/mol. The molecular formula is C12H16N6O4S. The number of amides is 1. The minimum atomic E-state index is -0.577. The van der Waals surface area contributed by atoms with Gasteiger partial charge in [-0.05, 0) is 6.42 Å². The van der Waals surface area contributed by atoms with Gasteiger partial charge in [-0.15, -0.1) is 0 Å². The Morgan fingerprint density at radius 2 is 2.30 bits per heavy atom. The van der Waals surface area contributed by atoms with Crippen molar-refractivity contribution in [2.24, 2.45) is 0 Å². The van der Waals surface area contributed by atoms with Crippen molar-refractivity contribution in [3.63, 3.8) is 0 Å². The fourth-order valence-corrected chi connectivity index (χ4v) is 2.37. The number of hydrogen-bond acceptors (Lipinski definition) is 7. The topological polar surface area (TPSA) is 135 Å². The second-order valence-corrected chi connectivity index (χ2v) is 5.41. The first kappa shape index (κ1) is 17.0. The van der Waals surface area contributed by atoms with Gasteiger partial charge in [0.2, 0.25) is 5.91 Å². The van der Waals surface area contributed by atoms with Crippen LogP contribution in [0.25, 0.3) is 0 Å². The predicted octanol–water partition coefficient (Wildman–Crippen LogP) is -0.578. The highest BCUT2D eigenvalue weighted by molar-refractivity contribution is 7.99. The smallest absolute Gasteiger partial charge is 0.329 e. The Kier molecular flexibility index (Phi) is 6.11. The van der Waals surface area contributed by atoms with E-state index in [2.05, 4.69) is 25.5 Å². The molecular weight excluding hydrogens is 324 g/mol. The first-order valence-corrected chi connectivity index (χ1v) is 7.70. The summed E-state index contributed by atoms with van der Waals surface area (Å²) in [6, 6.07) is 1.17. The lowest BCUT2D eigenvalue weighted by atomic mass is 10.4. The van der Waals surface area contributed by atoms with E-state index in [1.54, 1.807) is 7.11 Å². The molecule has 23 heavy (non-hydrogen) atoms. The van der Waals surface area contributed by atoms with Crippen molar-refractivity contribution in [2.45, 2.75) is 18.1 Å². The number of thioether (sulfide) groups is 1. The number of hydrogen-bond donors (Lipinski definition) is 3. The number of methoxy groups -OCH3 is 1. The Morgan fingerprint density at radius 1 is 1.48 bits per heavy atom.